The van der Waals surface area contributed by atoms with Crippen molar-refractivity contribution in [1.29, 1.82) is 0 Å². The number of unbranched alkanes of at least 4 members (excludes halogenated alkanes) is 2. The van der Waals surface area contributed by atoms with Crippen LogP contribution in [0.1, 0.15) is 19.3 Å². The Hall–Kier alpha value is -1.89. The molecular weight excluding hydrogens is 326 g/mol. The minimum Gasteiger partial charge on any atom is -0.465 e. The number of cyclic esters (lactones) is 1. The summed E-state index contributed by atoms with van der Waals surface area (Å²) in [6.07, 6.45) is 7.45. The zero-order valence-electron chi connectivity index (χ0n) is 15.0. The van der Waals surface area contributed by atoms with Crippen LogP contribution in [0, 0.1) is 0 Å². The second-order valence-corrected chi connectivity index (χ2v) is 12.4. The quantitative estimate of drug-likeness (QED) is 0.127. The third kappa shape index (κ3) is 6.70. The number of esters is 1. The minimum atomic E-state index is -1.05. The van der Waals surface area contributed by atoms with Gasteiger partial charge < -0.3 is 9.47 Å². The van der Waals surface area contributed by atoms with E-state index in [1.54, 1.807) is 6.08 Å². The molecule has 0 unspecified atom stereocenters. The van der Waals surface area contributed by atoms with Gasteiger partial charge in [0.1, 0.15) is 12.2 Å². The highest BCUT2D eigenvalue weighted by Gasteiger charge is 2.33. The second-order valence-electron chi connectivity index (χ2n) is 6.85. The van der Waals surface area contributed by atoms with Gasteiger partial charge in [0.15, 0.2) is 0 Å². The molecular formula is C17H27NO5Si. The van der Waals surface area contributed by atoms with Gasteiger partial charge >= 0.3 is 12.1 Å². The second kappa shape index (κ2) is 9.41. The summed E-state index contributed by atoms with van der Waals surface area (Å²) >= 11 is 0. The molecule has 6 nitrogen and oxygen atoms in total. The summed E-state index contributed by atoms with van der Waals surface area (Å²) in [6, 6.07) is 1.14. The number of carbonyl (C=O) groups is 3. The molecule has 0 atom stereocenters. The van der Waals surface area contributed by atoms with Crippen molar-refractivity contribution in [2.24, 2.45) is 0 Å². The number of hydrogen-bond donors (Lipinski definition) is 0. The third-order valence-electron chi connectivity index (χ3n) is 3.46. The largest absolute Gasteiger partial charge is 0.465 e. The molecule has 2 amide bonds. The van der Waals surface area contributed by atoms with Crippen LogP contribution in [0.2, 0.25) is 25.7 Å². The van der Waals surface area contributed by atoms with Crippen molar-refractivity contribution in [1.82, 2.24) is 4.90 Å². The summed E-state index contributed by atoms with van der Waals surface area (Å²) in [7, 11) is 0.159. The summed E-state index contributed by atoms with van der Waals surface area (Å²) in [5.41, 5.74) is -0.109. The van der Waals surface area contributed by atoms with Crippen LogP contribution >= 0.6 is 0 Å². The molecule has 0 aliphatic carbocycles. The van der Waals surface area contributed by atoms with Gasteiger partial charge in [-0.15, -0.1) is 0 Å². The summed E-state index contributed by atoms with van der Waals surface area (Å²) < 4.78 is 9.37. The van der Waals surface area contributed by atoms with Crippen molar-refractivity contribution in [2.75, 3.05) is 20.3 Å². The smallest absolute Gasteiger partial charge is 0.416 e. The maximum atomic E-state index is 12.3. The zero-order valence-corrected chi connectivity index (χ0v) is 16.0. The maximum absolute atomic E-state index is 12.3. The minimum absolute atomic E-state index is 0.109. The third-order valence-corrected chi connectivity index (χ3v) is 4.92. The topological polar surface area (TPSA) is 72.9 Å². The summed E-state index contributed by atoms with van der Waals surface area (Å²) in [5, 5.41) is 0. The SMILES string of the molecule is COC(=O)/C(=C/CCC/C=C/C[Si](C)(C)C)C(=O)N1CCOC1=O. The maximum Gasteiger partial charge on any atom is 0.416 e. The molecule has 1 aliphatic rings. The fraction of sp³-hybridized carbons (Fsp3) is 0.588. The van der Waals surface area contributed by atoms with Crippen molar-refractivity contribution in [2.45, 2.75) is 44.9 Å². The Morgan fingerprint density at radius 1 is 1.25 bits per heavy atom. The molecule has 7 heteroatoms. The first kappa shape index (κ1) is 20.2. The van der Waals surface area contributed by atoms with Crippen LogP contribution in [0.4, 0.5) is 4.79 Å². The molecule has 134 valence electrons. The lowest BCUT2D eigenvalue weighted by atomic mass is 10.1. The Bertz CT molecular complexity index is 534. The number of nitrogens with zero attached hydrogens (tertiary/aromatic N) is 1. The van der Waals surface area contributed by atoms with Gasteiger partial charge in [-0.1, -0.05) is 37.9 Å². The lowest BCUT2D eigenvalue weighted by molar-refractivity contribution is -0.139. The molecule has 0 aromatic carbocycles. The number of imide groups is 1. The first-order valence-corrected chi connectivity index (χ1v) is 11.9. The van der Waals surface area contributed by atoms with Gasteiger partial charge in [-0.2, -0.15) is 0 Å². The van der Waals surface area contributed by atoms with E-state index in [9.17, 15) is 14.4 Å². The van der Waals surface area contributed by atoms with Crippen molar-refractivity contribution in [3.8, 4) is 0 Å². The standard InChI is InChI=1S/C17H27NO5Si/c1-22-16(20)14(15(19)18-11-12-23-17(18)21)10-8-6-5-7-9-13-24(2,3)4/h7,9-10H,5-6,8,11-13H2,1-4H3/b9-7+,14-10+. The van der Waals surface area contributed by atoms with Gasteiger partial charge in [-0.25, -0.2) is 14.5 Å². The van der Waals surface area contributed by atoms with Gasteiger partial charge in [0.2, 0.25) is 0 Å². The molecule has 0 saturated carbocycles. The highest BCUT2D eigenvalue weighted by atomic mass is 28.3. The molecule has 1 fully saturated rings. The summed E-state index contributed by atoms with van der Waals surface area (Å²) in [5.74, 6) is -1.38. The Morgan fingerprint density at radius 3 is 2.50 bits per heavy atom. The van der Waals surface area contributed by atoms with Crippen molar-refractivity contribution in [3.63, 3.8) is 0 Å². The molecule has 24 heavy (non-hydrogen) atoms. The van der Waals surface area contributed by atoms with Crippen LogP contribution in [0.25, 0.3) is 0 Å². The predicted molar refractivity (Wildman–Crippen MR) is 94.3 cm³/mol. The Labute approximate surface area is 144 Å². The highest BCUT2D eigenvalue weighted by molar-refractivity contribution is 6.76. The van der Waals surface area contributed by atoms with E-state index in [1.807, 2.05) is 0 Å². The van der Waals surface area contributed by atoms with Crippen LogP contribution in [-0.4, -0.2) is 51.2 Å². The Morgan fingerprint density at radius 2 is 1.96 bits per heavy atom. The number of hydrogen-bond acceptors (Lipinski definition) is 5. The average molecular weight is 353 g/mol. The van der Waals surface area contributed by atoms with E-state index in [-0.39, 0.29) is 18.7 Å². The predicted octanol–water partition coefficient (Wildman–Crippen LogP) is 3.13. The van der Waals surface area contributed by atoms with Gasteiger partial charge in [0, 0.05) is 8.07 Å². The number of ether oxygens (including phenoxy) is 2. The van der Waals surface area contributed by atoms with Gasteiger partial charge in [0.05, 0.1) is 13.7 Å². The number of carbonyl (C=O) groups excluding carboxylic acids is 3. The molecule has 1 saturated heterocycles. The van der Waals surface area contributed by atoms with Crippen LogP contribution in [0.5, 0.6) is 0 Å². The molecule has 0 bridgehead atoms. The summed E-state index contributed by atoms with van der Waals surface area (Å²) in [4.78, 5) is 36.5. The number of rotatable bonds is 8. The molecule has 0 radical (unpaired) electrons. The molecule has 0 N–H and O–H groups in total. The van der Waals surface area contributed by atoms with E-state index in [2.05, 4.69) is 36.5 Å². The fourth-order valence-corrected chi connectivity index (χ4v) is 3.00. The van der Waals surface area contributed by atoms with Gasteiger partial charge in [-0.3, -0.25) is 4.79 Å². The van der Waals surface area contributed by atoms with Crippen LogP contribution in [-0.2, 0) is 19.1 Å². The molecule has 1 heterocycles. The van der Waals surface area contributed by atoms with Crippen molar-refractivity contribution >= 4 is 26.0 Å². The van der Waals surface area contributed by atoms with E-state index in [0.717, 1.165) is 23.8 Å². The van der Waals surface area contributed by atoms with Crippen molar-refractivity contribution < 1.29 is 23.9 Å². The van der Waals surface area contributed by atoms with Crippen LogP contribution in [0.15, 0.2) is 23.8 Å². The zero-order chi connectivity index (χ0) is 18.2. The average Bonchev–Trinajstić information content (AvgIpc) is 2.94. The Kier molecular flexibility index (Phi) is 7.90. The molecule has 0 spiro atoms. The number of methoxy groups -OCH3 is 1. The van der Waals surface area contributed by atoms with E-state index in [4.69, 9.17) is 4.74 Å². The fourth-order valence-electron chi connectivity index (χ4n) is 2.13. The van der Waals surface area contributed by atoms with Crippen molar-refractivity contribution in [3.05, 3.63) is 23.8 Å². The van der Waals surface area contributed by atoms with E-state index in [1.165, 1.54) is 7.11 Å². The van der Waals surface area contributed by atoms with E-state index < -0.39 is 26.0 Å². The van der Waals surface area contributed by atoms with Crippen LogP contribution in [0.3, 0.4) is 0 Å². The lowest BCUT2D eigenvalue weighted by Gasteiger charge is -2.12. The number of amides is 2. The molecule has 1 aliphatic heterocycles. The Balaban J connectivity index is 2.56. The molecule has 1 rings (SSSR count). The highest BCUT2D eigenvalue weighted by Crippen LogP contribution is 2.13. The van der Waals surface area contributed by atoms with Gasteiger partial charge in [-0.05, 0) is 25.3 Å². The first-order chi connectivity index (χ1) is 11.3. The molecule has 0 aromatic rings. The molecule has 0 aromatic heterocycles. The van der Waals surface area contributed by atoms with Crippen LogP contribution < -0.4 is 0 Å². The van der Waals surface area contributed by atoms with E-state index >= 15 is 0 Å². The normalized spacial score (nSPS) is 15.8. The first-order valence-electron chi connectivity index (χ1n) is 8.18. The number of allylic oxidation sites excluding steroid dienone is 3. The van der Waals surface area contributed by atoms with Gasteiger partial charge in [0.25, 0.3) is 5.91 Å². The summed E-state index contributed by atoms with van der Waals surface area (Å²) in [6.45, 7) is 7.26. The van der Waals surface area contributed by atoms with E-state index in [0.29, 0.717) is 6.42 Å². The monoisotopic (exact) mass is 353 g/mol. The lowest BCUT2D eigenvalue weighted by Crippen LogP contribution is -2.35.